The maximum absolute atomic E-state index is 13.5. The minimum absolute atomic E-state index is 0.162. The lowest BCUT2D eigenvalue weighted by molar-refractivity contribution is 0.0563. The Hall–Kier alpha value is -1.66. The lowest BCUT2D eigenvalue weighted by Gasteiger charge is -2.06. The molecular weight excluding hydrogens is 329 g/mol. The van der Waals surface area contributed by atoms with Crippen molar-refractivity contribution < 1.29 is 18.3 Å². The lowest BCUT2D eigenvalue weighted by Crippen LogP contribution is -2.15. The number of carbonyl (C=O) groups is 1. The van der Waals surface area contributed by atoms with Crippen molar-refractivity contribution in [2.45, 2.75) is 13.1 Å². The summed E-state index contributed by atoms with van der Waals surface area (Å²) >= 11 is 3.30. The molecule has 0 saturated carbocycles. The average Bonchev–Trinajstić information content (AvgIpc) is 2.90. The van der Waals surface area contributed by atoms with Crippen LogP contribution in [0.15, 0.2) is 39.4 Å². The lowest BCUT2D eigenvalue weighted by atomic mass is 10.2. The van der Waals surface area contributed by atoms with Crippen molar-refractivity contribution >= 4 is 21.9 Å². The summed E-state index contributed by atoms with van der Waals surface area (Å²) in [7, 11) is 1.29. The highest BCUT2D eigenvalue weighted by atomic mass is 79.9. The first-order chi connectivity index (χ1) is 9.61. The summed E-state index contributed by atoms with van der Waals surface area (Å²) < 4.78 is 24.0. The van der Waals surface area contributed by atoms with Crippen LogP contribution in [0.4, 0.5) is 4.39 Å². The van der Waals surface area contributed by atoms with Gasteiger partial charge in [-0.05, 0) is 24.3 Å². The monoisotopic (exact) mass is 341 g/mol. The molecule has 1 N–H and O–H groups in total. The van der Waals surface area contributed by atoms with E-state index in [1.54, 1.807) is 18.2 Å². The van der Waals surface area contributed by atoms with Crippen molar-refractivity contribution in [2.75, 3.05) is 7.11 Å². The van der Waals surface area contributed by atoms with Crippen LogP contribution in [-0.4, -0.2) is 13.1 Å². The minimum Gasteiger partial charge on any atom is -0.463 e. The van der Waals surface area contributed by atoms with E-state index < -0.39 is 5.97 Å². The Kier molecular flexibility index (Phi) is 4.92. The molecule has 0 saturated heterocycles. The number of benzene rings is 1. The first-order valence-corrected chi connectivity index (χ1v) is 6.70. The van der Waals surface area contributed by atoms with Crippen LogP contribution in [0.5, 0.6) is 0 Å². The van der Waals surface area contributed by atoms with Crippen molar-refractivity contribution in [3.05, 3.63) is 57.7 Å². The van der Waals surface area contributed by atoms with Crippen molar-refractivity contribution in [1.82, 2.24) is 5.32 Å². The van der Waals surface area contributed by atoms with E-state index in [0.29, 0.717) is 24.2 Å². The van der Waals surface area contributed by atoms with E-state index in [4.69, 9.17) is 4.42 Å². The van der Waals surface area contributed by atoms with Gasteiger partial charge in [-0.15, -0.1) is 0 Å². The topological polar surface area (TPSA) is 51.5 Å². The average molecular weight is 342 g/mol. The zero-order valence-electron chi connectivity index (χ0n) is 10.8. The Balaban J connectivity index is 1.98. The van der Waals surface area contributed by atoms with Crippen LogP contribution in [0, 0.1) is 5.82 Å². The van der Waals surface area contributed by atoms with E-state index in [2.05, 4.69) is 26.0 Å². The number of halogens is 2. The maximum atomic E-state index is 13.5. The molecular formula is C14H13BrFNO3. The Morgan fingerprint density at radius 3 is 2.85 bits per heavy atom. The van der Waals surface area contributed by atoms with Crippen LogP contribution in [0.3, 0.4) is 0 Å². The van der Waals surface area contributed by atoms with Crippen molar-refractivity contribution in [2.24, 2.45) is 0 Å². The summed E-state index contributed by atoms with van der Waals surface area (Å²) in [5.41, 5.74) is 1.22. The number of hydrogen-bond donors (Lipinski definition) is 1. The Morgan fingerprint density at radius 2 is 2.10 bits per heavy atom. The van der Waals surface area contributed by atoms with Crippen molar-refractivity contribution in [3.63, 3.8) is 0 Å². The van der Waals surface area contributed by atoms with Gasteiger partial charge in [-0.25, -0.2) is 9.18 Å². The summed E-state index contributed by atoms with van der Waals surface area (Å²) in [5, 5.41) is 3.06. The van der Waals surface area contributed by atoms with Gasteiger partial charge < -0.3 is 14.5 Å². The van der Waals surface area contributed by atoms with Gasteiger partial charge >= 0.3 is 5.97 Å². The molecule has 20 heavy (non-hydrogen) atoms. The highest BCUT2D eigenvalue weighted by molar-refractivity contribution is 9.10. The minimum atomic E-state index is -0.527. The number of nitrogens with one attached hydrogen (secondary N) is 1. The molecule has 0 bridgehead atoms. The molecule has 4 nitrogen and oxygen atoms in total. The molecule has 1 aromatic carbocycles. The Labute approximate surface area is 124 Å². The second-order valence-electron chi connectivity index (χ2n) is 4.11. The molecule has 106 valence electrons. The third-order valence-corrected chi connectivity index (χ3v) is 3.25. The molecule has 6 heteroatoms. The predicted molar refractivity (Wildman–Crippen MR) is 74.7 cm³/mol. The molecule has 0 unspecified atom stereocenters. The van der Waals surface area contributed by atoms with Gasteiger partial charge in [0.05, 0.1) is 13.4 Å². The van der Waals surface area contributed by atoms with E-state index in [0.717, 1.165) is 4.47 Å². The molecule has 2 aromatic rings. The summed E-state index contributed by atoms with van der Waals surface area (Å²) in [6, 6.07) is 6.43. The van der Waals surface area contributed by atoms with E-state index in [1.807, 2.05) is 0 Å². The van der Waals surface area contributed by atoms with Gasteiger partial charge in [0.2, 0.25) is 5.76 Å². The third-order valence-electron chi connectivity index (χ3n) is 2.76. The number of carbonyl (C=O) groups excluding carboxylic acids is 1. The summed E-state index contributed by atoms with van der Waals surface area (Å²) in [6.45, 7) is 0.726. The van der Waals surface area contributed by atoms with Crippen LogP contribution in [-0.2, 0) is 17.8 Å². The Bertz CT molecular complexity index is 612. The number of furan rings is 1. The molecule has 0 aliphatic heterocycles. The Morgan fingerprint density at radius 1 is 1.35 bits per heavy atom. The van der Waals surface area contributed by atoms with Gasteiger partial charge in [-0.1, -0.05) is 15.9 Å². The smallest absolute Gasteiger partial charge is 0.374 e. The van der Waals surface area contributed by atoms with Gasteiger partial charge in [0.25, 0.3) is 0 Å². The molecule has 0 aliphatic rings. The van der Waals surface area contributed by atoms with Crippen molar-refractivity contribution in [3.8, 4) is 0 Å². The molecule has 1 heterocycles. The molecule has 1 aromatic heterocycles. The molecule has 0 atom stereocenters. The van der Waals surface area contributed by atoms with Crippen molar-refractivity contribution in [1.29, 1.82) is 0 Å². The van der Waals surface area contributed by atoms with E-state index in [-0.39, 0.29) is 11.6 Å². The number of esters is 1. The highest BCUT2D eigenvalue weighted by Gasteiger charge is 2.15. The van der Waals surface area contributed by atoms with Gasteiger partial charge in [0.15, 0.2) is 0 Å². The largest absolute Gasteiger partial charge is 0.463 e. The standard InChI is InChI=1S/C14H13BrFNO3/c1-19-14(18)13-9(4-5-20-13)7-17-8-10-6-11(15)2-3-12(10)16/h2-6,17H,7-8H2,1H3. The quantitative estimate of drug-likeness (QED) is 0.848. The van der Waals surface area contributed by atoms with Gasteiger partial charge in [0, 0.05) is 28.7 Å². The number of hydrogen-bond acceptors (Lipinski definition) is 4. The fraction of sp³-hybridized carbons (Fsp3) is 0.214. The first-order valence-electron chi connectivity index (χ1n) is 5.91. The molecule has 2 rings (SSSR count). The molecule has 0 fully saturated rings. The SMILES string of the molecule is COC(=O)c1occc1CNCc1cc(Br)ccc1F. The van der Waals surface area contributed by atoms with Gasteiger partial charge in [0.1, 0.15) is 5.82 Å². The van der Waals surface area contributed by atoms with E-state index >= 15 is 0 Å². The molecule has 0 aliphatic carbocycles. The molecule has 0 spiro atoms. The maximum Gasteiger partial charge on any atom is 0.374 e. The van der Waals surface area contributed by atoms with Crippen LogP contribution in [0.25, 0.3) is 0 Å². The van der Waals surface area contributed by atoms with Crippen LogP contribution in [0.1, 0.15) is 21.7 Å². The number of ether oxygens (including phenoxy) is 1. The van der Waals surface area contributed by atoms with Crippen LogP contribution >= 0.6 is 15.9 Å². The normalized spacial score (nSPS) is 10.6. The van der Waals surface area contributed by atoms with E-state index in [1.165, 1.54) is 19.4 Å². The second-order valence-corrected chi connectivity index (χ2v) is 5.02. The van der Waals surface area contributed by atoms with Crippen LogP contribution in [0.2, 0.25) is 0 Å². The fourth-order valence-electron chi connectivity index (χ4n) is 1.76. The summed E-state index contributed by atoms with van der Waals surface area (Å²) in [4.78, 5) is 11.4. The summed E-state index contributed by atoms with van der Waals surface area (Å²) in [5.74, 6) is -0.642. The van der Waals surface area contributed by atoms with Crippen LogP contribution < -0.4 is 5.32 Å². The molecule has 0 amide bonds. The number of rotatable bonds is 5. The second kappa shape index (κ2) is 6.67. The zero-order chi connectivity index (χ0) is 14.5. The predicted octanol–water partition coefficient (Wildman–Crippen LogP) is 3.26. The van der Waals surface area contributed by atoms with Gasteiger partial charge in [-0.2, -0.15) is 0 Å². The van der Waals surface area contributed by atoms with E-state index in [9.17, 15) is 9.18 Å². The van der Waals surface area contributed by atoms with Gasteiger partial charge in [-0.3, -0.25) is 0 Å². The fourth-order valence-corrected chi connectivity index (χ4v) is 2.17. The third kappa shape index (κ3) is 3.46. The summed E-state index contributed by atoms with van der Waals surface area (Å²) in [6.07, 6.45) is 1.42. The number of methoxy groups -OCH3 is 1. The molecule has 0 radical (unpaired) electrons. The zero-order valence-corrected chi connectivity index (χ0v) is 12.4. The highest BCUT2D eigenvalue weighted by Crippen LogP contribution is 2.16. The first kappa shape index (κ1) is 14.7.